The van der Waals surface area contributed by atoms with Crippen LogP contribution in [0.1, 0.15) is 19.4 Å². The van der Waals surface area contributed by atoms with Crippen LogP contribution in [0.4, 0.5) is 10.5 Å². The van der Waals surface area contributed by atoms with Crippen molar-refractivity contribution in [2.45, 2.75) is 19.4 Å². The van der Waals surface area contributed by atoms with Gasteiger partial charge >= 0.3 is 6.09 Å². The van der Waals surface area contributed by atoms with Gasteiger partial charge in [-0.3, -0.25) is 5.32 Å². The third-order valence-electron chi connectivity index (χ3n) is 2.89. The quantitative estimate of drug-likeness (QED) is 0.628. The molecule has 88 valence electrons. The molecule has 5 nitrogen and oxygen atoms in total. The van der Waals surface area contributed by atoms with Crippen molar-refractivity contribution in [2.24, 2.45) is 0 Å². The number of carbonyl (C=O) groups excluding carboxylic acids is 1. The fourth-order valence-electron chi connectivity index (χ4n) is 2.11. The minimum atomic E-state index is -0.640. The molecule has 3 rings (SSSR count). The van der Waals surface area contributed by atoms with Crippen molar-refractivity contribution in [1.29, 1.82) is 0 Å². The lowest BCUT2D eigenvalue weighted by atomic mass is 9.94. The Morgan fingerprint density at radius 1 is 1.24 bits per heavy atom. The standard InChI is InChI=1S/C11H11N3O2S/c1-11(2)5-3-7-8(13-9(17)12-7)4-6(5)14-10(15)16-11/h3-4H,1-2H3,(H,14,15)(H2,12,13,17). The molecule has 1 aliphatic rings. The van der Waals surface area contributed by atoms with Crippen LogP contribution in [-0.2, 0) is 10.3 Å². The number of imidazole rings is 1. The summed E-state index contributed by atoms with van der Waals surface area (Å²) >= 11 is 5.04. The molecule has 0 atom stereocenters. The summed E-state index contributed by atoms with van der Waals surface area (Å²) in [6.07, 6.45) is -0.434. The fourth-order valence-corrected chi connectivity index (χ4v) is 2.33. The first-order chi connectivity index (χ1) is 7.95. The molecule has 0 saturated carbocycles. The molecule has 0 spiro atoms. The van der Waals surface area contributed by atoms with E-state index in [4.69, 9.17) is 17.0 Å². The SMILES string of the molecule is CC1(C)OC(=O)Nc2cc3[nH]c(=S)[nH]c3cc21. The van der Waals surface area contributed by atoms with E-state index in [1.807, 2.05) is 26.0 Å². The van der Waals surface area contributed by atoms with Crippen molar-refractivity contribution in [3.05, 3.63) is 22.5 Å². The number of carbonyl (C=O) groups is 1. The van der Waals surface area contributed by atoms with Gasteiger partial charge in [0, 0.05) is 5.56 Å². The average Bonchev–Trinajstić information content (AvgIpc) is 2.53. The number of rotatable bonds is 0. The lowest BCUT2D eigenvalue weighted by molar-refractivity contribution is 0.0421. The lowest BCUT2D eigenvalue weighted by Crippen LogP contribution is -2.34. The van der Waals surface area contributed by atoms with E-state index in [1.54, 1.807) is 0 Å². The highest BCUT2D eigenvalue weighted by Crippen LogP contribution is 2.37. The number of fused-ring (bicyclic) bond motifs is 2. The number of hydrogen-bond donors (Lipinski definition) is 3. The van der Waals surface area contributed by atoms with Gasteiger partial charge in [0.25, 0.3) is 0 Å². The number of ether oxygens (including phenoxy) is 1. The van der Waals surface area contributed by atoms with E-state index >= 15 is 0 Å². The molecule has 0 saturated heterocycles. The van der Waals surface area contributed by atoms with Crippen LogP contribution >= 0.6 is 12.2 Å². The number of H-pyrrole nitrogens is 2. The number of benzene rings is 1. The van der Waals surface area contributed by atoms with Gasteiger partial charge in [0.05, 0.1) is 16.7 Å². The summed E-state index contributed by atoms with van der Waals surface area (Å²) in [6, 6.07) is 3.80. The first-order valence-electron chi connectivity index (χ1n) is 5.22. The van der Waals surface area contributed by atoms with Crippen molar-refractivity contribution in [2.75, 3.05) is 5.32 Å². The highest BCUT2D eigenvalue weighted by Gasteiger charge is 2.33. The molecule has 1 amide bonds. The molecule has 0 unspecified atom stereocenters. The highest BCUT2D eigenvalue weighted by molar-refractivity contribution is 7.71. The zero-order chi connectivity index (χ0) is 12.2. The summed E-state index contributed by atoms with van der Waals surface area (Å²) in [5, 5.41) is 2.69. The van der Waals surface area contributed by atoms with Gasteiger partial charge in [-0.25, -0.2) is 4.79 Å². The van der Waals surface area contributed by atoms with Crippen LogP contribution in [0.15, 0.2) is 12.1 Å². The Labute approximate surface area is 102 Å². The summed E-state index contributed by atoms with van der Waals surface area (Å²) < 4.78 is 5.82. The lowest BCUT2D eigenvalue weighted by Gasteiger charge is -2.32. The Balaban J connectivity index is 2.33. The number of nitrogens with one attached hydrogen (secondary N) is 3. The predicted octanol–water partition coefficient (Wildman–Crippen LogP) is 3.02. The number of hydrogen-bond acceptors (Lipinski definition) is 3. The van der Waals surface area contributed by atoms with Gasteiger partial charge in [-0.1, -0.05) is 0 Å². The largest absolute Gasteiger partial charge is 0.438 e. The number of amides is 1. The van der Waals surface area contributed by atoms with E-state index in [9.17, 15) is 4.79 Å². The van der Waals surface area contributed by atoms with Crippen LogP contribution in [0.3, 0.4) is 0 Å². The zero-order valence-electron chi connectivity index (χ0n) is 9.38. The molecule has 1 aromatic heterocycles. The summed E-state index contributed by atoms with van der Waals surface area (Å²) in [7, 11) is 0. The molecule has 17 heavy (non-hydrogen) atoms. The minimum Gasteiger partial charge on any atom is -0.438 e. The minimum absolute atomic E-state index is 0.434. The number of aromatic nitrogens is 2. The van der Waals surface area contributed by atoms with Crippen LogP contribution in [0.5, 0.6) is 0 Å². The number of cyclic esters (lactones) is 1. The second-order valence-electron chi connectivity index (χ2n) is 4.55. The first-order valence-corrected chi connectivity index (χ1v) is 5.63. The van der Waals surface area contributed by atoms with Gasteiger partial charge < -0.3 is 14.7 Å². The monoisotopic (exact) mass is 249 g/mol. The number of aromatic amines is 2. The second kappa shape index (κ2) is 3.10. The van der Waals surface area contributed by atoms with Crippen LogP contribution in [0.2, 0.25) is 0 Å². The molecule has 0 radical (unpaired) electrons. The van der Waals surface area contributed by atoms with Crippen molar-refractivity contribution in [3.63, 3.8) is 0 Å². The van der Waals surface area contributed by atoms with Crippen LogP contribution < -0.4 is 5.32 Å². The summed E-state index contributed by atoms with van der Waals surface area (Å²) in [5.74, 6) is 0. The van der Waals surface area contributed by atoms with E-state index in [-0.39, 0.29) is 0 Å². The van der Waals surface area contributed by atoms with Crippen LogP contribution in [0, 0.1) is 4.77 Å². The Hall–Kier alpha value is -1.82. The molecular formula is C11H11N3O2S. The summed E-state index contributed by atoms with van der Waals surface area (Å²) in [4.78, 5) is 17.5. The molecule has 1 aromatic carbocycles. The van der Waals surface area contributed by atoms with E-state index in [0.29, 0.717) is 4.77 Å². The second-order valence-corrected chi connectivity index (χ2v) is 4.96. The van der Waals surface area contributed by atoms with Gasteiger partial charge in [-0.05, 0) is 38.2 Å². The molecule has 3 N–H and O–H groups in total. The van der Waals surface area contributed by atoms with E-state index in [1.165, 1.54) is 0 Å². The Kier molecular flexibility index (Phi) is 1.89. The Bertz CT molecular complexity index is 684. The fraction of sp³-hybridized carbons (Fsp3) is 0.273. The van der Waals surface area contributed by atoms with Crippen molar-refractivity contribution < 1.29 is 9.53 Å². The molecule has 0 bridgehead atoms. The van der Waals surface area contributed by atoms with Gasteiger partial charge in [0.15, 0.2) is 4.77 Å². The van der Waals surface area contributed by atoms with Gasteiger partial charge in [-0.15, -0.1) is 0 Å². The van der Waals surface area contributed by atoms with Gasteiger partial charge in [0.2, 0.25) is 0 Å². The van der Waals surface area contributed by atoms with Crippen LogP contribution in [0.25, 0.3) is 11.0 Å². The van der Waals surface area contributed by atoms with Crippen molar-refractivity contribution in [3.8, 4) is 0 Å². The molecule has 2 aromatic rings. The molecule has 6 heteroatoms. The maximum atomic E-state index is 11.4. The van der Waals surface area contributed by atoms with Gasteiger partial charge in [0.1, 0.15) is 5.60 Å². The topological polar surface area (TPSA) is 69.9 Å². The van der Waals surface area contributed by atoms with Crippen molar-refractivity contribution in [1.82, 2.24) is 9.97 Å². The van der Waals surface area contributed by atoms with E-state index in [2.05, 4.69) is 15.3 Å². The maximum Gasteiger partial charge on any atom is 0.412 e. The third-order valence-corrected chi connectivity index (χ3v) is 3.09. The first kappa shape index (κ1) is 10.3. The molecule has 2 heterocycles. The Morgan fingerprint density at radius 3 is 2.59 bits per heavy atom. The number of anilines is 1. The highest BCUT2D eigenvalue weighted by atomic mass is 32.1. The molecule has 1 aliphatic heterocycles. The molecule has 0 fully saturated rings. The smallest absolute Gasteiger partial charge is 0.412 e. The summed E-state index contributed by atoms with van der Waals surface area (Å²) in [5.41, 5.74) is 2.81. The van der Waals surface area contributed by atoms with Crippen molar-refractivity contribution >= 4 is 35.0 Å². The maximum absolute atomic E-state index is 11.4. The average molecular weight is 249 g/mol. The van der Waals surface area contributed by atoms with Gasteiger partial charge in [-0.2, -0.15) is 0 Å². The van der Waals surface area contributed by atoms with E-state index in [0.717, 1.165) is 22.3 Å². The predicted molar refractivity (Wildman–Crippen MR) is 66.6 cm³/mol. The molecule has 0 aliphatic carbocycles. The van der Waals surface area contributed by atoms with Crippen LogP contribution in [-0.4, -0.2) is 16.1 Å². The van der Waals surface area contributed by atoms with E-state index < -0.39 is 11.7 Å². The normalized spacial score (nSPS) is 17.4. The zero-order valence-corrected chi connectivity index (χ0v) is 10.2. The Morgan fingerprint density at radius 2 is 1.88 bits per heavy atom. The molecular weight excluding hydrogens is 238 g/mol. The third kappa shape index (κ3) is 1.52. The summed E-state index contributed by atoms with van der Waals surface area (Å²) in [6.45, 7) is 3.72.